The molecule has 0 spiro atoms. The van der Waals surface area contributed by atoms with Crippen LogP contribution in [0.4, 0.5) is 0 Å². The standard InChI is InChI=1S/C20H19N/c1-3-21-15-8-7-14-20(21)19-13-9-12-18(16(19)2)17-10-5-4-6-11-17/h3-15,20H,1H2,2H3. The van der Waals surface area contributed by atoms with E-state index in [0.29, 0.717) is 0 Å². The second kappa shape index (κ2) is 5.84. The van der Waals surface area contributed by atoms with Gasteiger partial charge < -0.3 is 4.90 Å². The van der Waals surface area contributed by atoms with Crippen molar-refractivity contribution in [3.8, 4) is 11.1 Å². The summed E-state index contributed by atoms with van der Waals surface area (Å²) in [4.78, 5) is 2.14. The van der Waals surface area contributed by atoms with E-state index in [0.717, 1.165) is 0 Å². The predicted octanol–water partition coefficient (Wildman–Crippen LogP) is 5.23. The third-order valence-electron chi connectivity index (χ3n) is 3.97. The number of rotatable bonds is 3. The Morgan fingerprint density at radius 3 is 2.57 bits per heavy atom. The van der Waals surface area contributed by atoms with Crippen LogP contribution in [0.2, 0.25) is 0 Å². The quantitative estimate of drug-likeness (QED) is 0.740. The summed E-state index contributed by atoms with van der Waals surface area (Å²) in [5, 5.41) is 0. The molecule has 1 aliphatic heterocycles. The van der Waals surface area contributed by atoms with Gasteiger partial charge in [-0.2, -0.15) is 0 Å². The van der Waals surface area contributed by atoms with Gasteiger partial charge in [0.1, 0.15) is 0 Å². The normalized spacial score (nSPS) is 17.0. The van der Waals surface area contributed by atoms with Crippen LogP contribution < -0.4 is 0 Å². The molecule has 2 aromatic carbocycles. The maximum absolute atomic E-state index is 3.91. The zero-order valence-corrected chi connectivity index (χ0v) is 12.2. The van der Waals surface area contributed by atoms with Gasteiger partial charge in [-0.1, -0.05) is 67.3 Å². The lowest BCUT2D eigenvalue weighted by Gasteiger charge is -2.29. The van der Waals surface area contributed by atoms with Crippen LogP contribution >= 0.6 is 0 Å². The summed E-state index contributed by atoms with van der Waals surface area (Å²) in [7, 11) is 0. The zero-order chi connectivity index (χ0) is 14.7. The number of hydrogen-bond acceptors (Lipinski definition) is 1. The minimum absolute atomic E-state index is 0.219. The molecule has 1 aliphatic rings. The number of benzene rings is 2. The molecule has 0 radical (unpaired) electrons. The maximum atomic E-state index is 3.91. The van der Waals surface area contributed by atoms with Crippen LogP contribution in [0.1, 0.15) is 17.2 Å². The van der Waals surface area contributed by atoms with Crippen molar-refractivity contribution >= 4 is 0 Å². The third-order valence-corrected chi connectivity index (χ3v) is 3.97. The van der Waals surface area contributed by atoms with Crippen molar-refractivity contribution < 1.29 is 0 Å². The lowest BCUT2D eigenvalue weighted by molar-refractivity contribution is 0.433. The second-order valence-electron chi connectivity index (χ2n) is 5.19. The number of allylic oxidation sites excluding steroid dienone is 2. The Morgan fingerprint density at radius 2 is 1.81 bits per heavy atom. The van der Waals surface area contributed by atoms with E-state index in [-0.39, 0.29) is 6.04 Å². The summed E-state index contributed by atoms with van der Waals surface area (Å²) < 4.78 is 0. The van der Waals surface area contributed by atoms with E-state index in [1.165, 1.54) is 22.3 Å². The molecule has 1 nitrogen and oxygen atoms in total. The van der Waals surface area contributed by atoms with Crippen LogP contribution in [-0.4, -0.2) is 4.90 Å². The summed E-state index contributed by atoms with van der Waals surface area (Å²) in [6.07, 6.45) is 10.3. The SMILES string of the molecule is C=CN1C=CC=CC1c1cccc(-c2ccccc2)c1C. The molecular formula is C20H19N. The molecule has 2 aromatic rings. The lowest BCUT2D eigenvalue weighted by Crippen LogP contribution is -2.18. The Bertz CT molecular complexity index is 695. The van der Waals surface area contributed by atoms with E-state index < -0.39 is 0 Å². The molecule has 0 fully saturated rings. The van der Waals surface area contributed by atoms with E-state index in [1.54, 1.807) is 0 Å². The fourth-order valence-corrected chi connectivity index (χ4v) is 2.85. The van der Waals surface area contributed by atoms with E-state index in [9.17, 15) is 0 Å². The average Bonchev–Trinajstić information content (AvgIpc) is 2.56. The number of nitrogens with zero attached hydrogens (tertiary/aromatic N) is 1. The summed E-state index contributed by atoms with van der Waals surface area (Å²) >= 11 is 0. The van der Waals surface area contributed by atoms with Gasteiger partial charge in [-0.05, 0) is 41.5 Å². The molecule has 0 saturated carbocycles. The van der Waals surface area contributed by atoms with Crippen LogP contribution in [-0.2, 0) is 0 Å². The van der Waals surface area contributed by atoms with Crippen LogP contribution in [0, 0.1) is 6.92 Å². The summed E-state index contributed by atoms with van der Waals surface area (Å²) in [6.45, 7) is 6.11. The van der Waals surface area contributed by atoms with Gasteiger partial charge in [0.15, 0.2) is 0 Å². The van der Waals surface area contributed by atoms with Crippen LogP contribution in [0.3, 0.4) is 0 Å². The van der Waals surface area contributed by atoms with Gasteiger partial charge in [0.2, 0.25) is 0 Å². The molecule has 3 rings (SSSR count). The molecule has 1 heterocycles. The van der Waals surface area contributed by atoms with Gasteiger partial charge >= 0.3 is 0 Å². The smallest absolute Gasteiger partial charge is 0.0769 e. The van der Waals surface area contributed by atoms with Gasteiger partial charge in [0.05, 0.1) is 6.04 Å². The molecule has 0 saturated heterocycles. The number of hydrogen-bond donors (Lipinski definition) is 0. The highest BCUT2D eigenvalue weighted by Crippen LogP contribution is 2.33. The molecule has 0 amide bonds. The molecule has 1 heteroatoms. The van der Waals surface area contributed by atoms with Crippen LogP contribution in [0.15, 0.2) is 85.7 Å². The molecule has 21 heavy (non-hydrogen) atoms. The van der Waals surface area contributed by atoms with Gasteiger partial charge in [-0.15, -0.1) is 0 Å². The van der Waals surface area contributed by atoms with E-state index >= 15 is 0 Å². The first-order valence-corrected chi connectivity index (χ1v) is 7.21. The summed E-state index contributed by atoms with van der Waals surface area (Å²) in [6, 6.07) is 17.3. The average molecular weight is 273 g/mol. The first kappa shape index (κ1) is 13.4. The van der Waals surface area contributed by atoms with Crippen molar-refractivity contribution in [1.29, 1.82) is 0 Å². The highest BCUT2D eigenvalue weighted by Gasteiger charge is 2.18. The zero-order valence-electron chi connectivity index (χ0n) is 12.2. The monoisotopic (exact) mass is 273 g/mol. The Kier molecular flexibility index (Phi) is 3.74. The fraction of sp³-hybridized carbons (Fsp3) is 0.100. The predicted molar refractivity (Wildman–Crippen MR) is 89.7 cm³/mol. The van der Waals surface area contributed by atoms with E-state index in [4.69, 9.17) is 0 Å². The van der Waals surface area contributed by atoms with Crippen molar-refractivity contribution in [3.05, 3.63) is 96.9 Å². The van der Waals surface area contributed by atoms with Crippen molar-refractivity contribution in [2.75, 3.05) is 0 Å². The molecule has 0 bridgehead atoms. The Hall–Kier alpha value is -2.54. The van der Waals surface area contributed by atoms with Gasteiger partial charge in [-0.3, -0.25) is 0 Å². The molecule has 0 N–H and O–H groups in total. The van der Waals surface area contributed by atoms with Crippen molar-refractivity contribution in [3.63, 3.8) is 0 Å². The first-order valence-electron chi connectivity index (χ1n) is 7.21. The topological polar surface area (TPSA) is 3.24 Å². The van der Waals surface area contributed by atoms with Crippen molar-refractivity contribution in [2.24, 2.45) is 0 Å². The first-order chi connectivity index (χ1) is 10.3. The lowest BCUT2D eigenvalue weighted by atomic mass is 9.92. The maximum Gasteiger partial charge on any atom is 0.0769 e. The van der Waals surface area contributed by atoms with E-state index in [1.807, 2.05) is 12.3 Å². The van der Waals surface area contributed by atoms with Gasteiger partial charge in [0, 0.05) is 6.20 Å². The third kappa shape index (κ3) is 2.55. The van der Waals surface area contributed by atoms with Crippen LogP contribution in [0.25, 0.3) is 11.1 Å². The molecule has 1 unspecified atom stereocenters. The highest BCUT2D eigenvalue weighted by molar-refractivity contribution is 5.68. The Morgan fingerprint density at radius 1 is 1.00 bits per heavy atom. The molecule has 0 aliphatic carbocycles. The van der Waals surface area contributed by atoms with Crippen molar-refractivity contribution in [1.82, 2.24) is 4.90 Å². The highest BCUT2D eigenvalue weighted by atomic mass is 15.1. The van der Waals surface area contributed by atoms with Gasteiger partial charge in [0.25, 0.3) is 0 Å². The van der Waals surface area contributed by atoms with Crippen LogP contribution in [0.5, 0.6) is 0 Å². The summed E-state index contributed by atoms with van der Waals surface area (Å²) in [5.41, 5.74) is 5.19. The largest absolute Gasteiger partial charge is 0.344 e. The van der Waals surface area contributed by atoms with E-state index in [2.05, 4.69) is 85.3 Å². The molecular weight excluding hydrogens is 254 g/mol. The minimum Gasteiger partial charge on any atom is -0.344 e. The minimum atomic E-state index is 0.219. The molecule has 104 valence electrons. The fourth-order valence-electron chi connectivity index (χ4n) is 2.85. The van der Waals surface area contributed by atoms with Gasteiger partial charge in [-0.25, -0.2) is 0 Å². The Labute approximate surface area is 126 Å². The van der Waals surface area contributed by atoms with Crippen molar-refractivity contribution in [2.45, 2.75) is 13.0 Å². The second-order valence-corrected chi connectivity index (χ2v) is 5.19. The summed E-state index contributed by atoms with van der Waals surface area (Å²) in [5.74, 6) is 0. The molecule has 0 aromatic heterocycles. The Balaban J connectivity index is 2.07. The molecule has 1 atom stereocenters.